The lowest BCUT2D eigenvalue weighted by molar-refractivity contribution is -0.458. The molecule has 0 spiro atoms. The number of nitrogens with one attached hydrogen (secondary N) is 1. The van der Waals surface area contributed by atoms with E-state index in [2.05, 4.69) is 0 Å². The number of halogens is 17. The fourth-order valence-corrected chi connectivity index (χ4v) is 4.12. The molecule has 0 saturated heterocycles. The molecule has 0 heterocycles. The van der Waals surface area contributed by atoms with E-state index in [1.54, 1.807) is 0 Å². The van der Waals surface area contributed by atoms with Gasteiger partial charge in [-0.05, 0) is 12.8 Å². The standard InChI is InChI=1S/C14H12F17NO2S/c15-7(16,9(19,20)11(23,24)13(27,28)29)8(17,18)10(21,22)12(25,26)14(30,31)35(33,34)32-6-4-2-1-3-5-6/h6,32H,1-5H2. The minimum Gasteiger partial charge on any atom is -0.207 e. The molecule has 210 valence electrons. The Balaban J connectivity index is 3.59. The summed E-state index contributed by atoms with van der Waals surface area (Å²) in [4.78, 5) is 0. The van der Waals surface area contributed by atoms with E-state index in [1.807, 2.05) is 0 Å². The van der Waals surface area contributed by atoms with Crippen molar-refractivity contribution in [2.75, 3.05) is 0 Å². The summed E-state index contributed by atoms with van der Waals surface area (Å²) in [6.45, 7) is 0. The Morgan fingerprint density at radius 2 is 0.800 bits per heavy atom. The Bertz CT molecular complexity index is 874. The molecule has 0 bridgehead atoms. The highest BCUT2D eigenvalue weighted by Crippen LogP contribution is 2.64. The molecule has 0 aromatic heterocycles. The maximum Gasteiger partial charge on any atom is 0.460 e. The van der Waals surface area contributed by atoms with Gasteiger partial charge in [0.05, 0.1) is 0 Å². The third kappa shape index (κ3) is 4.41. The van der Waals surface area contributed by atoms with Crippen molar-refractivity contribution >= 4 is 10.0 Å². The van der Waals surface area contributed by atoms with Crippen LogP contribution >= 0.6 is 0 Å². The van der Waals surface area contributed by atoms with Crippen molar-refractivity contribution in [3.8, 4) is 0 Å². The van der Waals surface area contributed by atoms with E-state index < -0.39 is 63.0 Å². The van der Waals surface area contributed by atoms with Crippen molar-refractivity contribution in [2.24, 2.45) is 0 Å². The second-order valence-corrected chi connectivity index (χ2v) is 9.17. The first-order chi connectivity index (χ1) is 15.1. The minimum absolute atomic E-state index is 0.0676. The lowest BCUT2D eigenvalue weighted by Crippen LogP contribution is -2.75. The van der Waals surface area contributed by atoms with E-state index in [4.69, 9.17) is 0 Å². The molecule has 1 rings (SSSR count). The van der Waals surface area contributed by atoms with Crippen LogP contribution in [-0.2, 0) is 10.0 Å². The second-order valence-electron chi connectivity index (χ2n) is 7.42. The predicted octanol–water partition coefficient (Wildman–Crippen LogP) is 6.21. The van der Waals surface area contributed by atoms with Gasteiger partial charge in [-0.3, -0.25) is 0 Å². The number of sulfonamides is 1. The Hall–Kier alpha value is -1.28. The van der Waals surface area contributed by atoms with E-state index in [9.17, 15) is 83.1 Å². The normalized spacial score (nSPS) is 19.2. The molecule has 0 aliphatic heterocycles. The van der Waals surface area contributed by atoms with E-state index >= 15 is 0 Å². The van der Waals surface area contributed by atoms with E-state index in [0.717, 1.165) is 4.72 Å². The summed E-state index contributed by atoms with van der Waals surface area (Å²) < 4.78 is 248. The van der Waals surface area contributed by atoms with Gasteiger partial charge in [-0.2, -0.15) is 74.6 Å². The summed E-state index contributed by atoms with van der Waals surface area (Å²) in [5.41, 5.74) is 0. The molecule has 3 nitrogen and oxygen atoms in total. The first-order valence-electron chi connectivity index (χ1n) is 8.81. The third-order valence-electron chi connectivity index (χ3n) is 4.96. The minimum atomic E-state index is -8.81. The van der Waals surface area contributed by atoms with Gasteiger partial charge in [0, 0.05) is 6.04 Å². The van der Waals surface area contributed by atoms with Crippen molar-refractivity contribution in [3.05, 3.63) is 0 Å². The van der Waals surface area contributed by atoms with Crippen LogP contribution in [0.25, 0.3) is 0 Å². The van der Waals surface area contributed by atoms with Crippen LogP contribution in [0.3, 0.4) is 0 Å². The smallest absolute Gasteiger partial charge is 0.207 e. The lowest BCUT2D eigenvalue weighted by Gasteiger charge is -2.42. The summed E-state index contributed by atoms with van der Waals surface area (Å²) in [5, 5.41) is -7.50. The molecule has 0 aromatic carbocycles. The average molecular weight is 581 g/mol. The first-order valence-corrected chi connectivity index (χ1v) is 10.3. The lowest BCUT2D eigenvalue weighted by atomic mass is 9.91. The maximum absolute atomic E-state index is 13.9. The summed E-state index contributed by atoms with van der Waals surface area (Å²) in [6.07, 6.45) is -8.10. The molecule has 0 atom stereocenters. The van der Waals surface area contributed by atoms with Crippen LogP contribution < -0.4 is 4.72 Å². The van der Waals surface area contributed by atoms with Gasteiger partial charge in [0.25, 0.3) is 10.0 Å². The zero-order valence-corrected chi connectivity index (χ0v) is 17.1. The Morgan fingerprint density at radius 1 is 0.486 bits per heavy atom. The zero-order valence-electron chi connectivity index (χ0n) is 16.3. The van der Waals surface area contributed by atoms with Gasteiger partial charge >= 0.3 is 47.0 Å². The summed E-state index contributed by atoms with van der Waals surface area (Å²) in [7, 11) is -7.20. The van der Waals surface area contributed by atoms with Crippen LogP contribution in [0.1, 0.15) is 32.1 Å². The molecule has 21 heteroatoms. The molecular formula is C14H12F17NO2S. The molecule has 1 aliphatic rings. The highest BCUT2D eigenvalue weighted by atomic mass is 32.2. The van der Waals surface area contributed by atoms with E-state index in [0.29, 0.717) is 6.42 Å². The van der Waals surface area contributed by atoms with Gasteiger partial charge in [-0.1, -0.05) is 19.3 Å². The Kier molecular flexibility index (Phi) is 7.84. The van der Waals surface area contributed by atoms with Crippen molar-refractivity contribution in [1.29, 1.82) is 0 Å². The molecule has 0 radical (unpaired) electrons. The van der Waals surface area contributed by atoms with Crippen molar-refractivity contribution in [3.63, 3.8) is 0 Å². The first kappa shape index (κ1) is 31.7. The molecular weight excluding hydrogens is 569 g/mol. The van der Waals surface area contributed by atoms with Gasteiger partial charge < -0.3 is 0 Å². The predicted molar refractivity (Wildman–Crippen MR) is 79.6 cm³/mol. The van der Waals surface area contributed by atoms with Gasteiger partial charge in [-0.25, -0.2) is 13.1 Å². The third-order valence-corrected chi connectivity index (χ3v) is 6.53. The Morgan fingerprint density at radius 3 is 1.14 bits per heavy atom. The monoisotopic (exact) mass is 581 g/mol. The van der Waals surface area contributed by atoms with Crippen LogP contribution in [0.15, 0.2) is 0 Å². The molecule has 1 aliphatic carbocycles. The quantitative estimate of drug-likeness (QED) is 0.330. The van der Waals surface area contributed by atoms with Gasteiger partial charge in [0.1, 0.15) is 0 Å². The van der Waals surface area contributed by atoms with Crippen molar-refractivity contribution in [1.82, 2.24) is 4.72 Å². The number of rotatable bonds is 9. The Labute approximate surface area is 184 Å². The SMILES string of the molecule is O=S(=O)(NC1CCCCC1)C(F)(F)C(F)(F)C(F)(F)C(F)(F)C(F)(F)C(F)(F)C(F)(F)C(F)(F)F. The van der Waals surface area contributed by atoms with Gasteiger partial charge in [-0.15, -0.1) is 0 Å². The molecule has 0 amide bonds. The highest BCUT2D eigenvalue weighted by molar-refractivity contribution is 7.90. The maximum atomic E-state index is 13.9. The topological polar surface area (TPSA) is 46.2 Å². The summed E-state index contributed by atoms with van der Waals surface area (Å²) >= 11 is 0. The molecule has 0 unspecified atom stereocenters. The fraction of sp³-hybridized carbons (Fsp3) is 1.00. The summed E-state index contributed by atoms with van der Waals surface area (Å²) in [6, 6.07) is -1.67. The second kappa shape index (κ2) is 8.64. The van der Waals surface area contributed by atoms with Crippen LogP contribution in [-0.4, -0.2) is 61.4 Å². The molecule has 1 saturated carbocycles. The fourth-order valence-electron chi connectivity index (χ4n) is 2.83. The summed E-state index contributed by atoms with van der Waals surface area (Å²) in [5.74, 6) is -51.4. The number of alkyl halides is 17. The van der Waals surface area contributed by atoms with Crippen LogP contribution in [0, 0.1) is 0 Å². The van der Waals surface area contributed by atoms with E-state index in [1.165, 1.54) is 0 Å². The molecule has 1 fully saturated rings. The molecule has 1 N–H and O–H groups in total. The highest BCUT2D eigenvalue weighted by Gasteiger charge is 2.96. The average Bonchev–Trinajstić information content (AvgIpc) is 2.66. The van der Waals surface area contributed by atoms with Gasteiger partial charge in [0.2, 0.25) is 0 Å². The van der Waals surface area contributed by atoms with E-state index in [-0.39, 0.29) is 25.7 Å². The van der Waals surface area contributed by atoms with Gasteiger partial charge in [0.15, 0.2) is 0 Å². The molecule has 0 aromatic rings. The zero-order chi connectivity index (χ0) is 28.3. The van der Waals surface area contributed by atoms with Crippen LogP contribution in [0.4, 0.5) is 74.6 Å². The van der Waals surface area contributed by atoms with Crippen LogP contribution in [0.2, 0.25) is 0 Å². The number of hydrogen-bond donors (Lipinski definition) is 1. The molecule has 35 heavy (non-hydrogen) atoms. The van der Waals surface area contributed by atoms with Crippen LogP contribution in [0.5, 0.6) is 0 Å². The van der Waals surface area contributed by atoms with Crippen molar-refractivity contribution < 1.29 is 83.1 Å². The largest absolute Gasteiger partial charge is 0.460 e. The van der Waals surface area contributed by atoms with Crippen molar-refractivity contribution in [2.45, 2.75) is 85.1 Å². The number of hydrogen-bond acceptors (Lipinski definition) is 2.